The number of ether oxygens (including phenoxy) is 1. The van der Waals surface area contributed by atoms with Gasteiger partial charge in [0.05, 0.1) is 24.6 Å². The van der Waals surface area contributed by atoms with Crippen molar-refractivity contribution in [2.45, 2.75) is 25.5 Å². The Labute approximate surface area is 164 Å². The van der Waals surface area contributed by atoms with Gasteiger partial charge in [0.2, 0.25) is 10.0 Å². The summed E-state index contributed by atoms with van der Waals surface area (Å²) in [6.07, 6.45) is 3.11. The zero-order chi connectivity index (χ0) is 20.1. The highest BCUT2D eigenvalue weighted by molar-refractivity contribution is 7.92. The zero-order valence-electron chi connectivity index (χ0n) is 15.6. The number of hydrogen-bond donors (Lipinski definition) is 1. The van der Waals surface area contributed by atoms with E-state index in [0.717, 1.165) is 25.7 Å². The van der Waals surface area contributed by atoms with Crippen molar-refractivity contribution in [3.05, 3.63) is 65.5 Å². The molecule has 1 saturated heterocycles. The maximum atomic E-state index is 13.1. The fourth-order valence-corrected chi connectivity index (χ4v) is 3.94. The van der Waals surface area contributed by atoms with Crippen LogP contribution in [0.5, 0.6) is 0 Å². The molecule has 1 unspecified atom stereocenters. The summed E-state index contributed by atoms with van der Waals surface area (Å²) in [5.41, 5.74) is 1.53. The molecule has 1 fully saturated rings. The van der Waals surface area contributed by atoms with Crippen molar-refractivity contribution in [3.8, 4) is 0 Å². The molecule has 1 amide bonds. The summed E-state index contributed by atoms with van der Waals surface area (Å²) in [4.78, 5) is 12.3. The first kappa shape index (κ1) is 20.3. The van der Waals surface area contributed by atoms with E-state index < -0.39 is 10.0 Å². The van der Waals surface area contributed by atoms with E-state index >= 15 is 0 Å². The predicted octanol–water partition coefficient (Wildman–Crippen LogP) is 2.70. The minimum Gasteiger partial charge on any atom is -0.376 e. The highest BCUT2D eigenvalue weighted by Crippen LogP contribution is 2.21. The molecular weight excluding hydrogens is 383 g/mol. The minimum atomic E-state index is -3.56. The number of hydrogen-bond acceptors (Lipinski definition) is 4. The van der Waals surface area contributed by atoms with Crippen LogP contribution in [0.3, 0.4) is 0 Å². The third kappa shape index (κ3) is 5.30. The van der Waals surface area contributed by atoms with Crippen LogP contribution in [0.1, 0.15) is 28.8 Å². The monoisotopic (exact) mass is 406 g/mol. The van der Waals surface area contributed by atoms with E-state index in [2.05, 4.69) is 5.32 Å². The second-order valence-electron chi connectivity index (χ2n) is 6.79. The van der Waals surface area contributed by atoms with Crippen LogP contribution in [0.25, 0.3) is 0 Å². The molecule has 1 aliphatic rings. The molecule has 6 nitrogen and oxygen atoms in total. The Morgan fingerprint density at radius 1 is 1.18 bits per heavy atom. The van der Waals surface area contributed by atoms with Crippen LogP contribution in [-0.2, 0) is 21.3 Å². The molecule has 2 aromatic carbocycles. The van der Waals surface area contributed by atoms with E-state index in [4.69, 9.17) is 4.74 Å². The lowest BCUT2D eigenvalue weighted by Crippen LogP contribution is -2.32. The Kier molecular flexibility index (Phi) is 6.31. The molecule has 1 heterocycles. The smallest absolute Gasteiger partial charge is 0.251 e. The van der Waals surface area contributed by atoms with E-state index in [1.807, 2.05) is 0 Å². The topological polar surface area (TPSA) is 75.7 Å². The Hall–Kier alpha value is -2.45. The van der Waals surface area contributed by atoms with E-state index in [9.17, 15) is 17.6 Å². The van der Waals surface area contributed by atoms with Gasteiger partial charge < -0.3 is 10.1 Å². The van der Waals surface area contributed by atoms with Gasteiger partial charge >= 0.3 is 0 Å². The number of sulfonamides is 1. The van der Waals surface area contributed by atoms with Crippen molar-refractivity contribution < 1.29 is 22.3 Å². The normalized spacial score (nSPS) is 16.7. The summed E-state index contributed by atoms with van der Waals surface area (Å²) in [6, 6.07) is 12.0. The van der Waals surface area contributed by atoms with Crippen LogP contribution < -0.4 is 9.62 Å². The van der Waals surface area contributed by atoms with Gasteiger partial charge in [0.15, 0.2) is 0 Å². The Morgan fingerprint density at radius 2 is 1.86 bits per heavy atom. The number of benzene rings is 2. The molecule has 0 spiro atoms. The number of carbonyl (C=O) groups excluding carboxylic acids is 1. The SMILES string of the molecule is CS(=O)(=O)N(Cc1ccc(F)cc1)c1ccc(C(=O)NCC2CCCO2)cc1. The first-order chi connectivity index (χ1) is 13.3. The van der Waals surface area contributed by atoms with E-state index in [-0.39, 0.29) is 24.4 Å². The van der Waals surface area contributed by atoms with Crippen molar-refractivity contribution in [2.75, 3.05) is 23.7 Å². The molecule has 1 atom stereocenters. The minimum absolute atomic E-state index is 0.0552. The molecule has 1 N–H and O–H groups in total. The molecule has 0 aromatic heterocycles. The number of amides is 1. The van der Waals surface area contributed by atoms with Gasteiger partial charge in [0.25, 0.3) is 5.91 Å². The number of nitrogens with one attached hydrogen (secondary N) is 1. The van der Waals surface area contributed by atoms with Gasteiger partial charge in [-0.2, -0.15) is 0 Å². The summed E-state index contributed by atoms with van der Waals surface area (Å²) in [7, 11) is -3.56. The lowest BCUT2D eigenvalue weighted by atomic mass is 10.1. The number of anilines is 1. The van der Waals surface area contributed by atoms with Crippen LogP contribution in [0, 0.1) is 5.82 Å². The van der Waals surface area contributed by atoms with Crippen LogP contribution in [0.2, 0.25) is 0 Å². The molecule has 0 aliphatic carbocycles. The number of halogens is 1. The number of nitrogens with zero attached hydrogens (tertiary/aromatic N) is 1. The van der Waals surface area contributed by atoms with Gasteiger partial charge in [-0.05, 0) is 54.8 Å². The van der Waals surface area contributed by atoms with Crippen molar-refractivity contribution in [1.82, 2.24) is 5.32 Å². The van der Waals surface area contributed by atoms with E-state index in [1.54, 1.807) is 36.4 Å². The quantitative estimate of drug-likeness (QED) is 0.767. The van der Waals surface area contributed by atoms with Crippen LogP contribution in [0.15, 0.2) is 48.5 Å². The third-order valence-corrected chi connectivity index (χ3v) is 5.71. The Morgan fingerprint density at radius 3 is 2.43 bits per heavy atom. The van der Waals surface area contributed by atoms with Crippen molar-refractivity contribution in [1.29, 1.82) is 0 Å². The fourth-order valence-electron chi connectivity index (χ4n) is 3.05. The standard InChI is InChI=1S/C20H23FN2O4S/c1-28(25,26)23(14-15-4-8-17(21)9-5-15)18-10-6-16(7-11-18)20(24)22-13-19-3-2-12-27-19/h4-11,19H,2-3,12-14H2,1H3,(H,22,24). The molecule has 0 bridgehead atoms. The third-order valence-electron chi connectivity index (χ3n) is 4.57. The van der Waals surface area contributed by atoms with E-state index in [1.165, 1.54) is 16.4 Å². The fraction of sp³-hybridized carbons (Fsp3) is 0.350. The molecule has 28 heavy (non-hydrogen) atoms. The highest BCUT2D eigenvalue weighted by atomic mass is 32.2. The summed E-state index contributed by atoms with van der Waals surface area (Å²) in [5, 5.41) is 2.83. The van der Waals surface area contributed by atoms with E-state index in [0.29, 0.717) is 23.4 Å². The van der Waals surface area contributed by atoms with Crippen molar-refractivity contribution in [3.63, 3.8) is 0 Å². The zero-order valence-corrected chi connectivity index (χ0v) is 16.4. The van der Waals surface area contributed by atoms with Crippen LogP contribution >= 0.6 is 0 Å². The molecular formula is C20H23FN2O4S. The molecule has 0 radical (unpaired) electrons. The molecule has 2 aromatic rings. The van der Waals surface area contributed by atoms with Crippen LogP contribution in [-0.4, -0.2) is 39.8 Å². The predicted molar refractivity (Wildman–Crippen MR) is 105 cm³/mol. The highest BCUT2D eigenvalue weighted by Gasteiger charge is 2.19. The maximum absolute atomic E-state index is 13.1. The van der Waals surface area contributed by atoms with Crippen LogP contribution in [0.4, 0.5) is 10.1 Å². The van der Waals surface area contributed by atoms with Gasteiger partial charge in [-0.3, -0.25) is 9.10 Å². The summed E-state index contributed by atoms with van der Waals surface area (Å²) in [5.74, 6) is -0.612. The van der Waals surface area contributed by atoms with Gasteiger partial charge in [0, 0.05) is 18.7 Å². The van der Waals surface area contributed by atoms with Gasteiger partial charge in [-0.15, -0.1) is 0 Å². The molecule has 3 rings (SSSR count). The first-order valence-corrected chi connectivity index (χ1v) is 10.9. The summed E-state index contributed by atoms with van der Waals surface area (Å²) in [6.45, 7) is 1.26. The average Bonchev–Trinajstić information content (AvgIpc) is 3.18. The van der Waals surface area contributed by atoms with Gasteiger partial charge in [-0.1, -0.05) is 12.1 Å². The average molecular weight is 406 g/mol. The molecule has 150 valence electrons. The largest absolute Gasteiger partial charge is 0.376 e. The maximum Gasteiger partial charge on any atom is 0.251 e. The summed E-state index contributed by atoms with van der Waals surface area (Å²) < 4.78 is 44.2. The lowest BCUT2D eigenvalue weighted by Gasteiger charge is -2.23. The first-order valence-electron chi connectivity index (χ1n) is 9.05. The summed E-state index contributed by atoms with van der Waals surface area (Å²) >= 11 is 0. The second kappa shape index (κ2) is 8.70. The van der Waals surface area contributed by atoms with Gasteiger partial charge in [0.1, 0.15) is 5.82 Å². The molecule has 1 aliphatic heterocycles. The van der Waals surface area contributed by atoms with Crippen molar-refractivity contribution >= 4 is 21.6 Å². The lowest BCUT2D eigenvalue weighted by molar-refractivity contribution is 0.0858. The number of rotatable bonds is 7. The van der Waals surface area contributed by atoms with Gasteiger partial charge in [-0.25, -0.2) is 12.8 Å². The Balaban J connectivity index is 1.70. The molecule has 8 heteroatoms. The molecule has 0 saturated carbocycles. The van der Waals surface area contributed by atoms with Crippen molar-refractivity contribution in [2.24, 2.45) is 0 Å². The number of carbonyl (C=O) groups is 1. The second-order valence-corrected chi connectivity index (χ2v) is 8.69. The Bertz CT molecular complexity index is 908.